The molecule has 1 N–H and O–H groups in total. The molecule has 2 aromatic carbocycles. The van der Waals surface area contributed by atoms with Crippen molar-refractivity contribution >= 4 is 28.3 Å². The van der Waals surface area contributed by atoms with Crippen LogP contribution in [0.25, 0.3) is 10.9 Å². The van der Waals surface area contributed by atoms with Gasteiger partial charge in [0.2, 0.25) is 5.91 Å². The SMILES string of the molecule is C=CC(=O)N1CCC(Oc2cc3c(Nc4cccc5c4CCC5)ncnc3cc2OC)CC1. The Morgan fingerprint density at radius 3 is 2.82 bits per heavy atom. The lowest BCUT2D eigenvalue weighted by atomic mass is 10.1. The minimum Gasteiger partial charge on any atom is -0.493 e. The first-order valence-corrected chi connectivity index (χ1v) is 11.4. The summed E-state index contributed by atoms with van der Waals surface area (Å²) in [6.07, 6.45) is 7.85. The van der Waals surface area contributed by atoms with Crippen LogP contribution in [0.1, 0.15) is 30.4 Å². The van der Waals surface area contributed by atoms with Crippen LogP contribution in [0.4, 0.5) is 11.5 Å². The van der Waals surface area contributed by atoms with Gasteiger partial charge in [0, 0.05) is 43.1 Å². The van der Waals surface area contributed by atoms with E-state index in [2.05, 4.69) is 40.1 Å². The fourth-order valence-corrected chi connectivity index (χ4v) is 4.78. The summed E-state index contributed by atoms with van der Waals surface area (Å²) in [6, 6.07) is 10.3. The Morgan fingerprint density at radius 2 is 2.03 bits per heavy atom. The number of fused-ring (bicyclic) bond motifs is 2. The number of aryl methyl sites for hydroxylation is 1. The molecule has 0 spiro atoms. The summed E-state index contributed by atoms with van der Waals surface area (Å²) in [6.45, 7) is 4.88. The summed E-state index contributed by atoms with van der Waals surface area (Å²) in [4.78, 5) is 22.7. The van der Waals surface area contributed by atoms with E-state index in [1.165, 1.54) is 23.6 Å². The number of anilines is 2. The molecule has 170 valence electrons. The summed E-state index contributed by atoms with van der Waals surface area (Å²) < 4.78 is 12.0. The number of hydrogen-bond acceptors (Lipinski definition) is 6. The zero-order chi connectivity index (χ0) is 22.8. The van der Waals surface area contributed by atoms with Crippen molar-refractivity contribution < 1.29 is 14.3 Å². The van der Waals surface area contributed by atoms with E-state index >= 15 is 0 Å². The van der Waals surface area contributed by atoms with Crippen molar-refractivity contribution in [3.05, 3.63) is 60.4 Å². The maximum Gasteiger partial charge on any atom is 0.245 e. The van der Waals surface area contributed by atoms with Crippen molar-refractivity contribution in [3.63, 3.8) is 0 Å². The van der Waals surface area contributed by atoms with Crippen LogP contribution in [-0.2, 0) is 17.6 Å². The molecule has 5 rings (SSSR count). The number of carbonyl (C=O) groups is 1. The fraction of sp³-hybridized carbons (Fsp3) is 0.346. The molecule has 0 bridgehead atoms. The third kappa shape index (κ3) is 4.23. The molecular weight excluding hydrogens is 416 g/mol. The molecule has 0 saturated carbocycles. The molecule has 7 heteroatoms. The first kappa shape index (κ1) is 21.2. The summed E-state index contributed by atoms with van der Waals surface area (Å²) in [5, 5.41) is 4.42. The van der Waals surface area contributed by atoms with Gasteiger partial charge >= 0.3 is 0 Å². The van der Waals surface area contributed by atoms with Crippen LogP contribution >= 0.6 is 0 Å². The number of carbonyl (C=O) groups excluding carboxylic acids is 1. The molecule has 1 aliphatic carbocycles. The van der Waals surface area contributed by atoms with Gasteiger partial charge in [-0.15, -0.1) is 0 Å². The highest BCUT2D eigenvalue weighted by atomic mass is 16.5. The Kier molecular flexibility index (Phi) is 5.86. The average molecular weight is 445 g/mol. The molecule has 0 unspecified atom stereocenters. The lowest BCUT2D eigenvalue weighted by Gasteiger charge is -2.31. The molecule has 33 heavy (non-hydrogen) atoms. The van der Waals surface area contributed by atoms with Gasteiger partial charge in [-0.2, -0.15) is 0 Å². The molecule has 0 atom stereocenters. The molecule has 3 aromatic rings. The highest BCUT2D eigenvalue weighted by molar-refractivity contribution is 5.93. The monoisotopic (exact) mass is 444 g/mol. The van der Waals surface area contributed by atoms with E-state index in [0.717, 1.165) is 48.1 Å². The highest BCUT2D eigenvalue weighted by Crippen LogP contribution is 2.37. The van der Waals surface area contributed by atoms with Gasteiger partial charge in [-0.1, -0.05) is 18.7 Å². The van der Waals surface area contributed by atoms with E-state index in [1.807, 2.05) is 12.1 Å². The van der Waals surface area contributed by atoms with E-state index in [-0.39, 0.29) is 12.0 Å². The lowest BCUT2D eigenvalue weighted by molar-refractivity contribution is -0.127. The van der Waals surface area contributed by atoms with E-state index in [0.29, 0.717) is 24.6 Å². The van der Waals surface area contributed by atoms with Crippen LogP contribution in [0, 0.1) is 0 Å². The van der Waals surface area contributed by atoms with Crippen LogP contribution in [0.3, 0.4) is 0 Å². The Bertz CT molecular complexity index is 1200. The molecule has 1 aromatic heterocycles. The summed E-state index contributed by atoms with van der Waals surface area (Å²) in [7, 11) is 1.63. The van der Waals surface area contributed by atoms with E-state index in [1.54, 1.807) is 18.3 Å². The number of nitrogens with one attached hydrogen (secondary N) is 1. The third-order valence-electron chi connectivity index (χ3n) is 6.54. The molecule has 2 aliphatic rings. The maximum atomic E-state index is 11.9. The van der Waals surface area contributed by atoms with Gasteiger partial charge in [-0.05, 0) is 48.6 Å². The van der Waals surface area contributed by atoms with Crippen LogP contribution in [0.2, 0.25) is 0 Å². The van der Waals surface area contributed by atoms with Crippen molar-refractivity contribution in [2.75, 3.05) is 25.5 Å². The fourth-order valence-electron chi connectivity index (χ4n) is 4.78. The largest absolute Gasteiger partial charge is 0.493 e. The van der Waals surface area contributed by atoms with E-state index in [4.69, 9.17) is 9.47 Å². The predicted molar refractivity (Wildman–Crippen MR) is 128 cm³/mol. The van der Waals surface area contributed by atoms with Gasteiger partial charge in [0.05, 0.1) is 12.6 Å². The van der Waals surface area contributed by atoms with Crippen molar-refractivity contribution in [2.24, 2.45) is 0 Å². The minimum atomic E-state index is -0.0306. The van der Waals surface area contributed by atoms with Crippen LogP contribution < -0.4 is 14.8 Å². The quantitative estimate of drug-likeness (QED) is 0.567. The second kappa shape index (κ2) is 9.10. The zero-order valence-electron chi connectivity index (χ0n) is 18.8. The molecule has 7 nitrogen and oxygen atoms in total. The number of aromatic nitrogens is 2. The summed E-state index contributed by atoms with van der Waals surface area (Å²) in [5.41, 5.74) is 4.67. The Labute approximate surface area is 193 Å². The first-order valence-electron chi connectivity index (χ1n) is 11.4. The third-order valence-corrected chi connectivity index (χ3v) is 6.54. The Morgan fingerprint density at radius 1 is 1.18 bits per heavy atom. The van der Waals surface area contributed by atoms with E-state index < -0.39 is 0 Å². The predicted octanol–water partition coefficient (Wildman–Crippen LogP) is 4.43. The number of amides is 1. The highest BCUT2D eigenvalue weighted by Gasteiger charge is 2.24. The molecule has 1 saturated heterocycles. The topological polar surface area (TPSA) is 76.6 Å². The maximum absolute atomic E-state index is 11.9. The van der Waals surface area contributed by atoms with Crippen molar-refractivity contribution in [1.82, 2.24) is 14.9 Å². The average Bonchev–Trinajstić information content (AvgIpc) is 3.34. The summed E-state index contributed by atoms with van der Waals surface area (Å²) >= 11 is 0. The number of benzene rings is 2. The zero-order valence-corrected chi connectivity index (χ0v) is 18.8. The first-order chi connectivity index (χ1) is 16.2. The molecule has 1 fully saturated rings. The van der Waals surface area contributed by atoms with Crippen LogP contribution in [0.5, 0.6) is 11.5 Å². The number of likely N-dealkylation sites (tertiary alicyclic amines) is 1. The van der Waals surface area contributed by atoms with E-state index in [9.17, 15) is 4.79 Å². The molecule has 2 heterocycles. The second-order valence-corrected chi connectivity index (χ2v) is 8.51. The number of rotatable bonds is 6. The second-order valence-electron chi connectivity index (χ2n) is 8.51. The number of hydrogen-bond donors (Lipinski definition) is 1. The van der Waals surface area contributed by atoms with Crippen molar-refractivity contribution in [3.8, 4) is 11.5 Å². The Hall–Kier alpha value is -3.61. The number of methoxy groups -OCH3 is 1. The standard InChI is InChI=1S/C26H28N4O3/c1-3-25(31)30-12-10-18(11-13-30)33-24-14-20-22(15-23(24)32-2)27-16-28-26(20)29-21-9-5-7-17-6-4-8-19(17)21/h3,5,7,9,14-16,18H,1,4,6,8,10-13H2,2H3,(H,27,28,29). The molecule has 1 amide bonds. The molecule has 0 radical (unpaired) electrons. The van der Waals surface area contributed by atoms with Gasteiger partial charge in [0.15, 0.2) is 11.5 Å². The van der Waals surface area contributed by atoms with Gasteiger partial charge < -0.3 is 19.7 Å². The van der Waals surface area contributed by atoms with Gasteiger partial charge in [0.1, 0.15) is 18.2 Å². The lowest BCUT2D eigenvalue weighted by Crippen LogP contribution is -2.41. The van der Waals surface area contributed by atoms with Crippen molar-refractivity contribution in [2.45, 2.75) is 38.2 Å². The van der Waals surface area contributed by atoms with Gasteiger partial charge in [-0.25, -0.2) is 9.97 Å². The normalized spacial score (nSPS) is 15.8. The van der Waals surface area contributed by atoms with Crippen LogP contribution in [-0.4, -0.2) is 47.1 Å². The smallest absolute Gasteiger partial charge is 0.245 e. The minimum absolute atomic E-state index is 0.00338. The van der Waals surface area contributed by atoms with Gasteiger partial charge in [-0.3, -0.25) is 4.79 Å². The van der Waals surface area contributed by atoms with Crippen molar-refractivity contribution in [1.29, 1.82) is 0 Å². The number of piperidine rings is 1. The Balaban J connectivity index is 1.42. The van der Waals surface area contributed by atoms with Crippen LogP contribution in [0.15, 0.2) is 49.3 Å². The number of nitrogens with zero attached hydrogens (tertiary/aromatic N) is 3. The molecular formula is C26H28N4O3. The van der Waals surface area contributed by atoms with Gasteiger partial charge in [0.25, 0.3) is 0 Å². The summed E-state index contributed by atoms with van der Waals surface area (Å²) in [5.74, 6) is 2.02. The molecule has 1 aliphatic heterocycles. The number of ether oxygens (including phenoxy) is 2.